The summed E-state index contributed by atoms with van der Waals surface area (Å²) in [4.78, 5) is 10.7. The number of hydrogen-bond acceptors (Lipinski definition) is 3. The number of rotatable bonds is 4. The Morgan fingerprint density at radius 2 is 2.13 bits per heavy atom. The van der Waals surface area contributed by atoms with Crippen molar-refractivity contribution in [3.8, 4) is 0 Å². The van der Waals surface area contributed by atoms with E-state index in [1.807, 2.05) is 12.1 Å². The second kappa shape index (κ2) is 6.09. The summed E-state index contributed by atoms with van der Waals surface area (Å²) in [5.41, 5.74) is 0.953. The van der Waals surface area contributed by atoms with Gasteiger partial charge in [0.2, 0.25) is 0 Å². The number of ether oxygens (including phenoxy) is 1. The molecule has 0 aliphatic rings. The zero-order valence-corrected chi connectivity index (χ0v) is 9.12. The normalized spacial score (nSPS) is 10.3. The zero-order valence-electron chi connectivity index (χ0n) is 8.37. The topological polar surface area (TPSA) is 38.3 Å². The van der Waals surface area contributed by atoms with Crippen molar-refractivity contribution in [2.75, 3.05) is 19.0 Å². The molecule has 0 unspecified atom stereocenters. The molecule has 1 rings (SSSR count). The zero-order chi connectivity index (χ0) is 11.1. The first-order valence-corrected chi connectivity index (χ1v) is 4.84. The lowest BCUT2D eigenvalue weighted by Crippen LogP contribution is -2.00. The van der Waals surface area contributed by atoms with Crippen LogP contribution in [0.2, 0.25) is 5.02 Å². The van der Waals surface area contributed by atoms with Gasteiger partial charge in [0, 0.05) is 23.3 Å². The first-order valence-electron chi connectivity index (χ1n) is 4.46. The second-order valence-electron chi connectivity index (χ2n) is 2.81. The fraction of sp³-hybridized carbons (Fsp3) is 0.182. The number of halogens is 1. The van der Waals surface area contributed by atoms with E-state index in [1.54, 1.807) is 18.2 Å². The molecule has 0 aromatic heterocycles. The first kappa shape index (κ1) is 11.6. The van der Waals surface area contributed by atoms with Crippen LogP contribution in [-0.4, -0.2) is 19.6 Å². The number of methoxy groups -OCH3 is 1. The lowest BCUT2D eigenvalue weighted by Gasteiger charge is -2.02. The van der Waals surface area contributed by atoms with E-state index in [4.69, 9.17) is 11.6 Å². The Balaban J connectivity index is 2.35. The highest BCUT2D eigenvalue weighted by atomic mass is 35.5. The lowest BCUT2D eigenvalue weighted by molar-refractivity contribution is -0.134. The van der Waals surface area contributed by atoms with E-state index in [1.165, 1.54) is 13.2 Å². The Labute approximate surface area is 93.7 Å². The van der Waals surface area contributed by atoms with Crippen LogP contribution in [0.15, 0.2) is 36.4 Å². The number of carbonyl (C=O) groups is 1. The van der Waals surface area contributed by atoms with Gasteiger partial charge in [0.25, 0.3) is 0 Å². The van der Waals surface area contributed by atoms with Crippen LogP contribution >= 0.6 is 11.6 Å². The second-order valence-corrected chi connectivity index (χ2v) is 3.25. The number of esters is 1. The van der Waals surface area contributed by atoms with Gasteiger partial charge in [-0.15, -0.1) is 0 Å². The summed E-state index contributed by atoms with van der Waals surface area (Å²) in [6.45, 7) is 0.566. The standard InChI is InChI=1S/C11H12ClNO2/c1-15-11(14)3-2-8-13-10-6-4-9(12)5-7-10/h2-7,13H,8H2,1H3/b3-2+. The quantitative estimate of drug-likeness (QED) is 0.632. The van der Waals surface area contributed by atoms with Gasteiger partial charge in [0.15, 0.2) is 0 Å². The van der Waals surface area contributed by atoms with Gasteiger partial charge in [-0.05, 0) is 24.3 Å². The van der Waals surface area contributed by atoms with Crippen LogP contribution < -0.4 is 5.32 Å². The van der Waals surface area contributed by atoms with Gasteiger partial charge in [0.05, 0.1) is 7.11 Å². The molecule has 0 aliphatic carbocycles. The molecule has 0 atom stereocenters. The molecule has 0 amide bonds. The van der Waals surface area contributed by atoms with E-state index in [0.717, 1.165) is 5.69 Å². The van der Waals surface area contributed by atoms with Crippen molar-refractivity contribution in [1.82, 2.24) is 0 Å². The predicted molar refractivity (Wildman–Crippen MR) is 61.1 cm³/mol. The van der Waals surface area contributed by atoms with Gasteiger partial charge in [-0.1, -0.05) is 17.7 Å². The maximum Gasteiger partial charge on any atom is 0.330 e. The molecule has 4 heteroatoms. The van der Waals surface area contributed by atoms with E-state index < -0.39 is 0 Å². The van der Waals surface area contributed by atoms with Crippen LogP contribution in [0.1, 0.15) is 0 Å². The predicted octanol–water partition coefficient (Wildman–Crippen LogP) is 2.48. The van der Waals surface area contributed by atoms with Crippen molar-refractivity contribution < 1.29 is 9.53 Å². The van der Waals surface area contributed by atoms with Gasteiger partial charge in [-0.3, -0.25) is 0 Å². The van der Waals surface area contributed by atoms with Crippen LogP contribution in [0.5, 0.6) is 0 Å². The summed E-state index contributed by atoms with van der Waals surface area (Å²) in [6, 6.07) is 7.34. The van der Waals surface area contributed by atoms with Crippen molar-refractivity contribution in [2.24, 2.45) is 0 Å². The first-order chi connectivity index (χ1) is 7.22. The van der Waals surface area contributed by atoms with Crippen molar-refractivity contribution in [3.05, 3.63) is 41.4 Å². The minimum Gasteiger partial charge on any atom is -0.466 e. The lowest BCUT2D eigenvalue weighted by atomic mass is 10.3. The maximum atomic E-state index is 10.7. The van der Waals surface area contributed by atoms with Gasteiger partial charge in [-0.2, -0.15) is 0 Å². The average Bonchev–Trinajstić information content (AvgIpc) is 2.26. The molecule has 0 spiro atoms. The molecule has 1 N–H and O–H groups in total. The monoisotopic (exact) mass is 225 g/mol. The fourth-order valence-electron chi connectivity index (χ4n) is 0.968. The number of benzene rings is 1. The summed E-state index contributed by atoms with van der Waals surface area (Å²) in [7, 11) is 1.35. The molecule has 3 nitrogen and oxygen atoms in total. The third-order valence-corrected chi connectivity index (χ3v) is 1.98. The molecule has 0 aliphatic heterocycles. The molecule has 0 radical (unpaired) electrons. The van der Waals surface area contributed by atoms with Crippen LogP contribution in [0.4, 0.5) is 5.69 Å². The smallest absolute Gasteiger partial charge is 0.330 e. The third-order valence-electron chi connectivity index (χ3n) is 1.72. The Morgan fingerprint density at radius 1 is 1.47 bits per heavy atom. The van der Waals surface area contributed by atoms with E-state index in [-0.39, 0.29) is 5.97 Å². The summed E-state index contributed by atoms with van der Waals surface area (Å²) in [5, 5.41) is 3.80. The Hall–Kier alpha value is -1.48. The van der Waals surface area contributed by atoms with Crippen molar-refractivity contribution in [3.63, 3.8) is 0 Å². The van der Waals surface area contributed by atoms with E-state index in [2.05, 4.69) is 10.1 Å². The number of anilines is 1. The molecule has 0 saturated carbocycles. The minimum atomic E-state index is -0.354. The molecular formula is C11H12ClNO2. The van der Waals surface area contributed by atoms with Crippen molar-refractivity contribution in [1.29, 1.82) is 0 Å². The van der Waals surface area contributed by atoms with Gasteiger partial charge < -0.3 is 10.1 Å². The molecule has 1 aromatic carbocycles. The Morgan fingerprint density at radius 3 is 2.73 bits per heavy atom. The molecule has 0 saturated heterocycles. The summed E-state index contributed by atoms with van der Waals surface area (Å²) < 4.78 is 4.45. The SMILES string of the molecule is COC(=O)/C=C/CNc1ccc(Cl)cc1. The largest absolute Gasteiger partial charge is 0.466 e. The molecule has 1 aromatic rings. The summed E-state index contributed by atoms with van der Waals surface area (Å²) in [5.74, 6) is -0.354. The third kappa shape index (κ3) is 4.51. The van der Waals surface area contributed by atoms with Gasteiger partial charge >= 0.3 is 5.97 Å². The molecule has 80 valence electrons. The highest BCUT2D eigenvalue weighted by Gasteiger charge is 1.91. The van der Waals surface area contributed by atoms with E-state index >= 15 is 0 Å². The highest BCUT2D eigenvalue weighted by molar-refractivity contribution is 6.30. The van der Waals surface area contributed by atoms with Crippen LogP contribution in [0.25, 0.3) is 0 Å². The minimum absolute atomic E-state index is 0.354. The molecule has 15 heavy (non-hydrogen) atoms. The van der Waals surface area contributed by atoms with Crippen molar-refractivity contribution in [2.45, 2.75) is 0 Å². The molecule has 0 fully saturated rings. The summed E-state index contributed by atoms with van der Waals surface area (Å²) >= 11 is 5.73. The average molecular weight is 226 g/mol. The van der Waals surface area contributed by atoms with E-state index in [9.17, 15) is 4.79 Å². The fourth-order valence-corrected chi connectivity index (χ4v) is 1.09. The van der Waals surface area contributed by atoms with Crippen molar-refractivity contribution >= 4 is 23.3 Å². The Bertz CT molecular complexity index is 346. The van der Waals surface area contributed by atoms with Crippen LogP contribution in [0, 0.1) is 0 Å². The van der Waals surface area contributed by atoms with Crippen LogP contribution in [0.3, 0.4) is 0 Å². The number of carbonyl (C=O) groups excluding carboxylic acids is 1. The highest BCUT2D eigenvalue weighted by Crippen LogP contribution is 2.12. The van der Waals surface area contributed by atoms with Crippen LogP contribution in [-0.2, 0) is 9.53 Å². The Kier molecular flexibility index (Phi) is 4.71. The molecule has 0 bridgehead atoms. The van der Waals surface area contributed by atoms with Gasteiger partial charge in [0.1, 0.15) is 0 Å². The molecular weight excluding hydrogens is 214 g/mol. The molecule has 0 heterocycles. The van der Waals surface area contributed by atoms with E-state index in [0.29, 0.717) is 11.6 Å². The number of hydrogen-bond donors (Lipinski definition) is 1. The maximum absolute atomic E-state index is 10.7. The summed E-state index contributed by atoms with van der Waals surface area (Å²) in [6.07, 6.45) is 3.07. The number of nitrogens with one attached hydrogen (secondary N) is 1. The van der Waals surface area contributed by atoms with Gasteiger partial charge in [-0.25, -0.2) is 4.79 Å².